The number of piperidine rings is 1. The molecule has 3 heterocycles. The summed E-state index contributed by atoms with van der Waals surface area (Å²) in [5, 5.41) is 3.90. The van der Waals surface area contributed by atoms with Gasteiger partial charge in [-0.25, -0.2) is 9.78 Å². The lowest BCUT2D eigenvalue weighted by Crippen LogP contribution is -2.41. The quantitative estimate of drug-likeness (QED) is 0.599. The molecule has 1 fully saturated rings. The molecule has 1 atom stereocenters. The molecule has 0 spiro atoms. The van der Waals surface area contributed by atoms with E-state index in [1.54, 1.807) is 31.2 Å². The predicted octanol–water partition coefficient (Wildman–Crippen LogP) is 4.18. The van der Waals surface area contributed by atoms with Crippen LogP contribution in [0.4, 0.5) is 11.5 Å². The molecule has 8 heteroatoms. The summed E-state index contributed by atoms with van der Waals surface area (Å²) in [6, 6.07) is 6.76. The van der Waals surface area contributed by atoms with Gasteiger partial charge in [-0.1, -0.05) is 0 Å². The van der Waals surface area contributed by atoms with Crippen molar-refractivity contribution in [3.8, 4) is 0 Å². The fraction of sp³-hybridized carbons (Fsp3) is 0.417. The van der Waals surface area contributed by atoms with E-state index in [0.29, 0.717) is 35.9 Å². The number of hydrogen-bond donors (Lipinski definition) is 1. The van der Waals surface area contributed by atoms with Gasteiger partial charge in [-0.15, -0.1) is 0 Å². The smallest absolute Gasteiger partial charge is 0.338 e. The SMILES string of the molecule is CCOC(=O)c1ccc(NC(=O)C2CCCN(c3nc(C)nc4oc(C)c(C)c34)C2)cc1. The van der Waals surface area contributed by atoms with Crippen LogP contribution in [0.25, 0.3) is 11.1 Å². The fourth-order valence-electron chi connectivity index (χ4n) is 4.09. The van der Waals surface area contributed by atoms with Crippen molar-refractivity contribution in [2.24, 2.45) is 5.92 Å². The summed E-state index contributed by atoms with van der Waals surface area (Å²) >= 11 is 0. The molecule has 168 valence electrons. The molecule has 1 aliphatic rings. The number of aryl methyl sites for hydroxylation is 3. The largest absolute Gasteiger partial charge is 0.462 e. The number of anilines is 2. The van der Waals surface area contributed by atoms with E-state index in [9.17, 15) is 9.59 Å². The van der Waals surface area contributed by atoms with Crippen molar-refractivity contribution in [2.75, 3.05) is 29.9 Å². The summed E-state index contributed by atoms with van der Waals surface area (Å²) in [6.07, 6.45) is 1.69. The Morgan fingerprint density at radius 2 is 1.94 bits per heavy atom. The second kappa shape index (κ2) is 8.98. The molecule has 0 bridgehead atoms. The van der Waals surface area contributed by atoms with E-state index in [-0.39, 0.29) is 17.8 Å². The summed E-state index contributed by atoms with van der Waals surface area (Å²) in [5.41, 5.74) is 2.74. The maximum Gasteiger partial charge on any atom is 0.338 e. The van der Waals surface area contributed by atoms with Crippen LogP contribution in [0, 0.1) is 26.7 Å². The lowest BCUT2D eigenvalue weighted by atomic mass is 9.96. The molecular weight excluding hydrogens is 408 g/mol. The number of amides is 1. The zero-order chi connectivity index (χ0) is 22.8. The Balaban J connectivity index is 1.49. The van der Waals surface area contributed by atoms with E-state index in [2.05, 4.69) is 15.2 Å². The Bertz CT molecular complexity index is 1150. The van der Waals surface area contributed by atoms with Gasteiger partial charge in [0.05, 0.1) is 23.5 Å². The van der Waals surface area contributed by atoms with Crippen LogP contribution in [-0.2, 0) is 9.53 Å². The lowest BCUT2D eigenvalue weighted by molar-refractivity contribution is -0.120. The number of fused-ring (bicyclic) bond motifs is 1. The van der Waals surface area contributed by atoms with Crippen LogP contribution in [0.1, 0.15) is 47.3 Å². The molecule has 1 amide bonds. The zero-order valence-electron chi connectivity index (χ0n) is 18.9. The Morgan fingerprint density at radius 1 is 1.19 bits per heavy atom. The molecule has 1 aromatic carbocycles. The van der Waals surface area contributed by atoms with Gasteiger partial charge >= 0.3 is 5.97 Å². The average Bonchev–Trinajstić information content (AvgIpc) is 3.07. The van der Waals surface area contributed by atoms with E-state index < -0.39 is 0 Å². The summed E-state index contributed by atoms with van der Waals surface area (Å²) in [7, 11) is 0. The highest BCUT2D eigenvalue weighted by molar-refractivity contribution is 5.95. The van der Waals surface area contributed by atoms with Gasteiger partial charge in [0.2, 0.25) is 11.6 Å². The highest BCUT2D eigenvalue weighted by atomic mass is 16.5. The fourth-order valence-corrected chi connectivity index (χ4v) is 4.09. The normalized spacial score (nSPS) is 16.2. The van der Waals surface area contributed by atoms with Crippen LogP contribution in [-0.4, -0.2) is 41.5 Å². The van der Waals surface area contributed by atoms with Gasteiger partial charge in [0.1, 0.15) is 17.4 Å². The molecular formula is C24H28N4O4. The first kappa shape index (κ1) is 21.8. The van der Waals surface area contributed by atoms with E-state index in [1.807, 2.05) is 20.8 Å². The average molecular weight is 437 g/mol. The molecule has 1 aliphatic heterocycles. The van der Waals surface area contributed by atoms with Crippen molar-refractivity contribution in [3.63, 3.8) is 0 Å². The summed E-state index contributed by atoms with van der Waals surface area (Å²) in [5.74, 6) is 1.73. The third-order valence-corrected chi connectivity index (χ3v) is 5.88. The first-order valence-electron chi connectivity index (χ1n) is 10.9. The van der Waals surface area contributed by atoms with Crippen LogP contribution < -0.4 is 10.2 Å². The maximum absolute atomic E-state index is 13.0. The summed E-state index contributed by atoms with van der Waals surface area (Å²) in [4.78, 5) is 36.1. The van der Waals surface area contributed by atoms with Gasteiger partial charge in [0, 0.05) is 24.3 Å². The van der Waals surface area contributed by atoms with Crippen LogP contribution in [0.2, 0.25) is 0 Å². The van der Waals surface area contributed by atoms with Crippen molar-refractivity contribution in [2.45, 2.75) is 40.5 Å². The Labute approximate surface area is 187 Å². The molecule has 0 saturated carbocycles. The minimum Gasteiger partial charge on any atom is -0.462 e. The van der Waals surface area contributed by atoms with E-state index in [1.165, 1.54) is 0 Å². The van der Waals surface area contributed by atoms with E-state index >= 15 is 0 Å². The van der Waals surface area contributed by atoms with Gasteiger partial charge < -0.3 is 19.4 Å². The maximum atomic E-state index is 13.0. The number of ether oxygens (including phenoxy) is 1. The highest BCUT2D eigenvalue weighted by Crippen LogP contribution is 2.33. The standard InChI is InChI=1S/C24H28N4O4/c1-5-31-24(30)17-8-10-19(11-9-17)27-22(29)18-7-6-12-28(13-18)21-20-14(2)15(3)32-23(20)26-16(4)25-21/h8-11,18H,5-7,12-13H2,1-4H3,(H,27,29). The third kappa shape index (κ3) is 4.30. The third-order valence-electron chi connectivity index (χ3n) is 5.88. The van der Waals surface area contributed by atoms with Gasteiger partial charge in [-0.3, -0.25) is 4.79 Å². The number of benzene rings is 1. The molecule has 1 N–H and O–H groups in total. The molecule has 3 aromatic rings. The topological polar surface area (TPSA) is 97.6 Å². The summed E-state index contributed by atoms with van der Waals surface area (Å²) in [6.45, 7) is 9.28. The van der Waals surface area contributed by atoms with Crippen molar-refractivity contribution >= 4 is 34.5 Å². The predicted molar refractivity (Wildman–Crippen MR) is 122 cm³/mol. The first-order chi connectivity index (χ1) is 15.4. The first-order valence-corrected chi connectivity index (χ1v) is 10.9. The van der Waals surface area contributed by atoms with Crippen LogP contribution >= 0.6 is 0 Å². The van der Waals surface area contributed by atoms with Crippen molar-refractivity contribution in [1.29, 1.82) is 0 Å². The Kier molecular flexibility index (Phi) is 6.12. The van der Waals surface area contributed by atoms with Crippen LogP contribution in [0.3, 0.4) is 0 Å². The van der Waals surface area contributed by atoms with Crippen LogP contribution in [0.15, 0.2) is 28.7 Å². The van der Waals surface area contributed by atoms with Gasteiger partial charge in [0.15, 0.2) is 0 Å². The number of aromatic nitrogens is 2. The minimum absolute atomic E-state index is 0.0410. The van der Waals surface area contributed by atoms with Gasteiger partial charge in [0.25, 0.3) is 0 Å². The molecule has 8 nitrogen and oxygen atoms in total. The number of carbonyl (C=O) groups excluding carboxylic acids is 2. The van der Waals surface area contributed by atoms with Crippen molar-refractivity contribution < 1.29 is 18.7 Å². The Hall–Kier alpha value is -3.42. The molecule has 0 aliphatic carbocycles. The number of esters is 1. The molecule has 32 heavy (non-hydrogen) atoms. The molecule has 1 saturated heterocycles. The molecule has 1 unspecified atom stereocenters. The number of furan rings is 1. The van der Waals surface area contributed by atoms with Gasteiger partial charge in [-0.05, 0) is 64.8 Å². The monoisotopic (exact) mass is 436 g/mol. The highest BCUT2D eigenvalue weighted by Gasteiger charge is 2.29. The van der Waals surface area contributed by atoms with Crippen LogP contribution in [0.5, 0.6) is 0 Å². The summed E-state index contributed by atoms with van der Waals surface area (Å²) < 4.78 is 10.8. The van der Waals surface area contributed by atoms with Gasteiger partial charge in [-0.2, -0.15) is 4.98 Å². The van der Waals surface area contributed by atoms with Crippen molar-refractivity contribution in [3.05, 3.63) is 47.0 Å². The Morgan fingerprint density at radius 3 is 2.66 bits per heavy atom. The minimum atomic E-state index is -0.371. The number of rotatable bonds is 5. The molecule has 4 rings (SSSR count). The zero-order valence-corrected chi connectivity index (χ0v) is 18.9. The lowest BCUT2D eigenvalue weighted by Gasteiger charge is -2.33. The second-order valence-corrected chi connectivity index (χ2v) is 8.13. The molecule has 2 aromatic heterocycles. The van der Waals surface area contributed by atoms with Crippen molar-refractivity contribution in [1.82, 2.24) is 9.97 Å². The number of carbonyl (C=O) groups is 2. The van der Waals surface area contributed by atoms with E-state index in [4.69, 9.17) is 14.1 Å². The second-order valence-electron chi connectivity index (χ2n) is 8.13. The number of nitrogens with zero attached hydrogens (tertiary/aromatic N) is 3. The van der Waals surface area contributed by atoms with E-state index in [0.717, 1.165) is 41.9 Å². The number of hydrogen-bond acceptors (Lipinski definition) is 7. The number of nitrogens with one attached hydrogen (secondary N) is 1. The molecule has 0 radical (unpaired) electrons.